The van der Waals surface area contributed by atoms with Crippen molar-refractivity contribution in [1.82, 2.24) is 25.0 Å². The van der Waals surface area contributed by atoms with Crippen molar-refractivity contribution >= 4 is 34.1 Å². The van der Waals surface area contributed by atoms with Crippen LogP contribution in [0.25, 0.3) is 11.4 Å². The number of carbonyl (C=O) groups excluding carboxylic acids is 1. The van der Waals surface area contributed by atoms with Gasteiger partial charge in [0.05, 0.1) is 5.75 Å². The third kappa shape index (κ3) is 4.92. The van der Waals surface area contributed by atoms with Gasteiger partial charge in [-0.1, -0.05) is 59.9 Å². The smallest absolute Gasteiger partial charge is 0.236 e. The van der Waals surface area contributed by atoms with Gasteiger partial charge in [-0.2, -0.15) is 0 Å². The molecule has 3 rings (SSSR count). The van der Waals surface area contributed by atoms with Crippen LogP contribution in [0.2, 0.25) is 0 Å². The molecule has 0 radical (unpaired) electrons. The number of thioether (sulfide) groups is 1. The minimum absolute atomic E-state index is 0.123. The summed E-state index contributed by atoms with van der Waals surface area (Å²) >= 11 is 2.79. The quantitative estimate of drug-likeness (QED) is 0.577. The van der Waals surface area contributed by atoms with Crippen molar-refractivity contribution in [3.63, 3.8) is 0 Å². The summed E-state index contributed by atoms with van der Waals surface area (Å²) < 4.78 is 2.02. The predicted molar refractivity (Wildman–Crippen MR) is 109 cm³/mol. The molecule has 0 aliphatic carbocycles. The largest absolute Gasteiger partial charge is 0.302 e. The number of aryl methyl sites for hydroxylation is 2. The Morgan fingerprint density at radius 3 is 2.63 bits per heavy atom. The van der Waals surface area contributed by atoms with E-state index in [4.69, 9.17) is 0 Å². The summed E-state index contributed by atoms with van der Waals surface area (Å²) in [5.41, 5.74) is 2.22. The summed E-state index contributed by atoms with van der Waals surface area (Å²) in [4.78, 5) is 12.2. The second kappa shape index (κ2) is 9.09. The Morgan fingerprint density at radius 1 is 1.15 bits per heavy atom. The molecule has 0 saturated carbocycles. The Morgan fingerprint density at radius 2 is 1.93 bits per heavy atom. The highest BCUT2D eigenvalue weighted by Crippen LogP contribution is 2.24. The lowest BCUT2D eigenvalue weighted by Gasteiger charge is -2.07. The average molecular weight is 403 g/mol. The van der Waals surface area contributed by atoms with Gasteiger partial charge in [0.15, 0.2) is 11.0 Å². The molecule has 0 atom stereocenters. The lowest BCUT2D eigenvalue weighted by atomic mass is 10.1. The maximum atomic E-state index is 12.2. The maximum Gasteiger partial charge on any atom is 0.236 e. The highest BCUT2D eigenvalue weighted by Gasteiger charge is 2.15. The van der Waals surface area contributed by atoms with Crippen molar-refractivity contribution in [2.24, 2.45) is 0 Å². The van der Waals surface area contributed by atoms with Gasteiger partial charge in [0.1, 0.15) is 5.01 Å². The Bertz CT molecular complexity index is 903. The molecule has 1 amide bonds. The molecule has 3 aromatic rings. The molecule has 27 heavy (non-hydrogen) atoms. The molecule has 1 N–H and O–H groups in total. The van der Waals surface area contributed by atoms with Crippen LogP contribution in [0.1, 0.15) is 30.8 Å². The van der Waals surface area contributed by atoms with Crippen LogP contribution < -0.4 is 5.32 Å². The van der Waals surface area contributed by atoms with Gasteiger partial charge in [0.25, 0.3) is 0 Å². The standard InChI is InChI=1S/C18H22N6OS2/c1-4-6-15-20-22-17(27-15)19-14(25)11-26-18-23-21-16(24(18)5-2)13-9-7-12(3)8-10-13/h7-10H,4-6,11H2,1-3H3,(H,19,22,25). The number of nitrogens with zero attached hydrogens (tertiary/aromatic N) is 5. The fourth-order valence-electron chi connectivity index (χ4n) is 2.50. The van der Waals surface area contributed by atoms with E-state index in [1.165, 1.54) is 28.7 Å². The van der Waals surface area contributed by atoms with Gasteiger partial charge >= 0.3 is 0 Å². The Hall–Kier alpha value is -2.26. The van der Waals surface area contributed by atoms with E-state index in [1.807, 2.05) is 23.6 Å². The van der Waals surface area contributed by atoms with E-state index in [0.29, 0.717) is 5.13 Å². The van der Waals surface area contributed by atoms with Crippen LogP contribution in [0, 0.1) is 6.92 Å². The number of hydrogen-bond donors (Lipinski definition) is 1. The molecule has 0 unspecified atom stereocenters. The lowest BCUT2D eigenvalue weighted by Crippen LogP contribution is -2.14. The molecular formula is C18H22N6OS2. The lowest BCUT2D eigenvalue weighted by molar-refractivity contribution is -0.113. The highest BCUT2D eigenvalue weighted by molar-refractivity contribution is 7.99. The molecule has 0 fully saturated rings. The summed E-state index contributed by atoms with van der Waals surface area (Å²) in [5, 5.41) is 21.7. The van der Waals surface area contributed by atoms with Crippen molar-refractivity contribution < 1.29 is 4.79 Å². The van der Waals surface area contributed by atoms with Crippen LogP contribution in [0.5, 0.6) is 0 Å². The topological polar surface area (TPSA) is 85.6 Å². The highest BCUT2D eigenvalue weighted by atomic mass is 32.2. The first-order valence-electron chi connectivity index (χ1n) is 8.86. The Labute approximate surface area is 166 Å². The number of carbonyl (C=O) groups is 1. The molecule has 7 nitrogen and oxygen atoms in total. The van der Waals surface area contributed by atoms with Gasteiger partial charge in [-0.25, -0.2) is 0 Å². The van der Waals surface area contributed by atoms with Gasteiger partial charge in [0.2, 0.25) is 11.0 Å². The number of benzene rings is 1. The molecular weight excluding hydrogens is 380 g/mol. The molecule has 0 spiro atoms. The second-order valence-electron chi connectivity index (χ2n) is 6.00. The van der Waals surface area contributed by atoms with Crippen molar-refractivity contribution in [2.75, 3.05) is 11.1 Å². The van der Waals surface area contributed by atoms with E-state index in [2.05, 4.69) is 51.7 Å². The molecule has 2 heterocycles. The Kier molecular flexibility index (Phi) is 6.57. The summed E-state index contributed by atoms with van der Waals surface area (Å²) in [6.07, 6.45) is 1.89. The summed E-state index contributed by atoms with van der Waals surface area (Å²) in [7, 11) is 0. The number of rotatable bonds is 8. The monoisotopic (exact) mass is 402 g/mol. The fraction of sp³-hybridized carbons (Fsp3) is 0.389. The van der Waals surface area contributed by atoms with Crippen molar-refractivity contribution in [2.45, 2.75) is 45.3 Å². The van der Waals surface area contributed by atoms with Crippen molar-refractivity contribution in [1.29, 1.82) is 0 Å². The maximum absolute atomic E-state index is 12.2. The second-order valence-corrected chi connectivity index (χ2v) is 8.01. The molecule has 0 bridgehead atoms. The first-order chi connectivity index (χ1) is 13.1. The number of anilines is 1. The van der Waals surface area contributed by atoms with Crippen LogP contribution in [0.15, 0.2) is 29.4 Å². The molecule has 142 valence electrons. The molecule has 9 heteroatoms. The van der Waals surface area contributed by atoms with Gasteiger partial charge in [-0.05, 0) is 20.3 Å². The van der Waals surface area contributed by atoms with Crippen molar-refractivity contribution in [3.05, 3.63) is 34.8 Å². The van der Waals surface area contributed by atoms with Crippen LogP contribution >= 0.6 is 23.1 Å². The van der Waals surface area contributed by atoms with Crippen LogP contribution in [-0.4, -0.2) is 36.6 Å². The fourth-order valence-corrected chi connectivity index (χ4v) is 4.16. The number of hydrogen-bond acceptors (Lipinski definition) is 7. The molecule has 2 aromatic heterocycles. The zero-order chi connectivity index (χ0) is 19.2. The first-order valence-corrected chi connectivity index (χ1v) is 10.7. The first kappa shape index (κ1) is 19.5. The average Bonchev–Trinajstić information content (AvgIpc) is 3.27. The normalized spacial score (nSPS) is 10.9. The van der Waals surface area contributed by atoms with Gasteiger partial charge in [-0.3, -0.25) is 10.1 Å². The van der Waals surface area contributed by atoms with E-state index >= 15 is 0 Å². The minimum atomic E-state index is -0.123. The molecule has 0 aliphatic heterocycles. The van der Waals surface area contributed by atoms with Crippen LogP contribution in [0.3, 0.4) is 0 Å². The van der Waals surface area contributed by atoms with E-state index in [0.717, 1.165) is 40.9 Å². The van der Waals surface area contributed by atoms with Crippen LogP contribution in [-0.2, 0) is 17.8 Å². The van der Waals surface area contributed by atoms with Gasteiger partial charge < -0.3 is 4.57 Å². The minimum Gasteiger partial charge on any atom is -0.302 e. The zero-order valence-corrected chi connectivity index (χ0v) is 17.2. The zero-order valence-electron chi connectivity index (χ0n) is 15.6. The van der Waals surface area contributed by atoms with E-state index < -0.39 is 0 Å². The third-order valence-electron chi connectivity index (χ3n) is 3.85. The van der Waals surface area contributed by atoms with E-state index in [-0.39, 0.29) is 11.7 Å². The third-order valence-corrected chi connectivity index (χ3v) is 5.72. The van der Waals surface area contributed by atoms with Gasteiger partial charge in [-0.15, -0.1) is 20.4 Å². The number of aromatic nitrogens is 5. The van der Waals surface area contributed by atoms with Gasteiger partial charge in [0, 0.05) is 18.5 Å². The van der Waals surface area contributed by atoms with E-state index in [1.54, 1.807) is 0 Å². The summed E-state index contributed by atoms with van der Waals surface area (Å²) in [6, 6.07) is 8.18. The van der Waals surface area contributed by atoms with Crippen LogP contribution in [0.4, 0.5) is 5.13 Å². The SMILES string of the molecule is CCCc1nnc(NC(=O)CSc2nnc(-c3ccc(C)cc3)n2CC)s1. The Balaban J connectivity index is 1.63. The van der Waals surface area contributed by atoms with Crippen molar-refractivity contribution in [3.8, 4) is 11.4 Å². The summed E-state index contributed by atoms with van der Waals surface area (Å²) in [5.74, 6) is 0.935. The number of amides is 1. The number of nitrogens with one attached hydrogen (secondary N) is 1. The summed E-state index contributed by atoms with van der Waals surface area (Å²) in [6.45, 7) is 6.92. The molecule has 0 aliphatic rings. The molecule has 0 saturated heterocycles. The molecule has 1 aromatic carbocycles. The predicted octanol–water partition coefficient (Wildman–Crippen LogP) is 3.81. The van der Waals surface area contributed by atoms with E-state index in [9.17, 15) is 4.79 Å².